The molecule has 0 aliphatic carbocycles. The van der Waals surface area contributed by atoms with Crippen LogP contribution in [0.4, 0.5) is 4.39 Å². The molecule has 0 aliphatic heterocycles. The Morgan fingerprint density at radius 3 is 2.17 bits per heavy atom. The fourth-order valence-corrected chi connectivity index (χ4v) is 2.84. The fourth-order valence-electron chi connectivity index (χ4n) is 2.84. The van der Waals surface area contributed by atoms with Crippen molar-refractivity contribution in [3.05, 3.63) is 59.4 Å². The number of Topliss-reactive ketones (excluding diaryl/α,β-unsaturated/α-hetero) is 1. The van der Waals surface area contributed by atoms with Crippen LogP contribution in [-0.4, -0.2) is 5.78 Å². The van der Waals surface area contributed by atoms with Crippen molar-refractivity contribution in [1.82, 2.24) is 0 Å². The molecule has 2 heteroatoms. The van der Waals surface area contributed by atoms with Crippen molar-refractivity contribution in [2.45, 2.75) is 58.8 Å². The van der Waals surface area contributed by atoms with E-state index in [9.17, 15) is 9.18 Å². The van der Waals surface area contributed by atoms with Gasteiger partial charge in [-0.3, -0.25) is 4.79 Å². The Morgan fingerprint density at radius 2 is 1.54 bits per heavy atom. The van der Waals surface area contributed by atoms with Crippen LogP contribution < -0.4 is 0 Å². The summed E-state index contributed by atoms with van der Waals surface area (Å²) in [4.78, 5) is 12.0. The first kappa shape index (κ1) is 18.4. The van der Waals surface area contributed by atoms with E-state index >= 15 is 0 Å². The Kier molecular flexibility index (Phi) is 7.17. The number of hydrogen-bond donors (Lipinski definition) is 0. The third-order valence-corrected chi connectivity index (χ3v) is 4.38. The van der Waals surface area contributed by atoms with Crippen molar-refractivity contribution in [2.24, 2.45) is 0 Å². The Bertz CT molecular complexity index is 658. The van der Waals surface area contributed by atoms with E-state index in [0.717, 1.165) is 30.4 Å². The van der Waals surface area contributed by atoms with Gasteiger partial charge in [-0.2, -0.15) is 0 Å². The topological polar surface area (TPSA) is 17.1 Å². The molecule has 0 saturated heterocycles. The Hall–Kier alpha value is -1.96. The molecule has 0 radical (unpaired) electrons. The van der Waals surface area contributed by atoms with Gasteiger partial charge in [0.25, 0.3) is 0 Å². The molecular weight excluding hydrogens is 299 g/mol. The van der Waals surface area contributed by atoms with E-state index in [-0.39, 0.29) is 11.3 Å². The molecule has 1 nitrogen and oxygen atoms in total. The van der Waals surface area contributed by atoms with Crippen LogP contribution in [0, 0.1) is 5.82 Å². The molecule has 128 valence electrons. The van der Waals surface area contributed by atoms with Gasteiger partial charge < -0.3 is 0 Å². The molecule has 0 bridgehead atoms. The van der Waals surface area contributed by atoms with Gasteiger partial charge in [0, 0.05) is 6.42 Å². The number of unbranched alkanes of at least 4 members (excludes halogenated alkanes) is 3. The van der Waals surface area contributed by atoms with Gasteiger partial charge in [-0.25, -0.2) is 4.39 Å². The maximum Gasteiger partial charge on any atom is 0.165 e. The molecular formula is C22H27FO. The Balaban J connectivity index is 2.09. The average Bonchev–Trinajstić information content (AvgIpc) is 2.60. The summed E-state index contributed by atoms with van der Waals surface area (Å²) >= 11 is 0. The standard InChI is InChI=1S/C22H27FO/c1-3-5-7-8-17-10-12-18(13-11-17)19-14-15-20(21(23)16-19)22(24)9-6-4-2/h10-16H,3-9H2,1-2H3. The molecule has 0 aromatic heterocycles. The summed E-state index contributed by atoms with van der Waals surface area (Å²) in [5.41, 5.74) is 3.34. The highest BCUT2D eigenvalue weighted by molar-refractivity contribution is 5.96. The van der Waals surface area contributed by atoms with Crippen LogP contribution in [0.5, 0.6) is 0 Å². The molecule has 0 amide bonds. The van der Waals surface area contributed by atoms with Gasteiger partial charge in [-0.05, 0) is 48.1 Å². The van der Waals surface area contributed by atoms with E-state index in [1.807, 2.05) is 25.1 Å². The molecule has 24 heavy (non-hydrogen) atoms. The molecule has 0 unspecified atom stereocenters. The molecule has 0 fully saturated rings. The highest BCUT2D eigenvalue weighted by Crippen LogP contribution is 2.24. The second kappa shape index (κ2) is 9.36. The molecule has 0 saturated carbocycles. The number of rotatable bonds is 9. The van der Waals surface area contributed by atoms with Crippen LogP contribution in [-0.2, 0) is 6.42 Å². The number of aryl methyl sites for hydroxylation is 1. The number of carbonyl (C=O) groups is 1. The molecule has 0 N–H and O–H groups in total. The van der Waals surface area contributed by atoms with Crippen molar-refractivity contribution in [3.63, 3.8) is 0 Å². The summed E-state index contributed by atoms with van der Waals surface area (Å²) in [6, 6.07) is 13.2. The SMILES string of the molecule is CCCCCc1ccc(-c2ccc(C(=O)CCCC)c(F)c2)cc1. The lowest BCUT2D eigenvalue weighted by atomic mass is 9.98. The summed E-state index contributed by atoms with van der Waals surface area (Å²) in [6.07, 6.45) is 6.93. The summed E-state index contributed by atoms with van der Waals surface area (Å²) < 4.78 is 14.3. The zero-order valence-electron chi connectivity index (χ0n) is 14.8. The van der Waals surface area contributed by atoms with Gasteiger partial charge in [0.2, 0.25) is 0 Å². The van der Waals surface area contributed by atoms with Crippen molar-refractivity contribution in [3.8, 4) is 11.1 Å². The van der Waals surface area contributed by atoms with Crippen LogP contribution in [0.1, 0.15) is 68.3 Å². The molecule has 2 aromatic carbocycles. The number of benzene rings is 2. The summed E-state index contributed by atoms with van der Waals surface area (Å²) in [5.74, 6) is -0.521. The van der Waals surface area contributed by atoms with E-state index in [1.165, 1.54) is 30.9 Å². The van der Waals surface area contributed by atoms with E-state index in [0.29, 0.717) is 6.42 Å². The minimum absolute atomic E-state index is 0.104. The summed E-state index contributed by atoms with van der Waals surface area (Å²) in [5, 5.41) is 0. The van der Waals surface area contributed by atoms with Crippen LogP contribution in [0.2, 0.25) is 0 Å². The van der Waals surface area contributed by atoms with Gasteiger partial charge >= 0.3 is 0 Å². The van der Waals surface area contributed by atoms with E-state index < -0.39 is 5.82 Å². The van der Waals surface area contributed by atoms with Crippen LogP contribution in [0.25, 0.3) is 11.1 Å². The fraction of sp³-hybridized carbons (Fsp3) is 0.409. The van der Waals surface area contributed by atoms with E-state index in [1.54, 1.807) is 6.07 Å². The quantitative estimate of drug-likeness (QED) is 0.375. The zero-order valence-corrected chi connectivity index (χ0v) is 14.8. The van der Waals surface area contributed by atoms with Crippen LogP contribution >= 0.6 is 0 Å². The minimum Gasteiger partial charge on any atom is -0.294 e. The minimum atomic E-state index is -0.416. The van der Waals surface area contributed by atoms with Crippen molar-refractivity contribution in [2.75, 3.05) is 0 Å². The lowest BCUT2D eigenvalue weighted by Crippen LogP contribution is -2.02. The number of ketones is 1. The van der Waals surface area contributed by atoms with Gasteiger partial charge in [-0.15, -0.1) is 0 Å². The predicted octanol–water partition coefficient (Wildman–Crippen LogP) is 6.60. The molecule has 0 aliphatic rings. The van der Waals surface area contributed by atoms with Crippen LogP contribution in [0.3, 0.4) is 0 Å². The number of carbonyl (C=O) groups excluding carboxylic acids is 1. The molecule has 0 atom stereocenters. The lowest BCUT2D eigenvalue weighted by Gasteiger charge is -2.07. The van der Waals surface area contributed by atoms with Crippen LogP contribution in [0.15, 0.2) is 42.5 Å². The second-order valence-corrected chi connectivity index (χ2v) is 6.38. The van der Waals surface area contributed by atoms with Gasteiger partial charge in [0.05, 0.1) is 5.56 Å². The third-order valence-electron chi connectivity index (χ3n) is 4.38. The second-order valence-electron chi connectivity index (χ2n) is 6.38. The largest absolute Gasteiger partial charge is 0.294 e. The highest BCUT2D eigenvalue weighted by atomic mass is 19.1. The summed E-state index contributed by atoms with van der Waals surface area (Å²) in [7, 11) is 0. The highest BCUT2D eigenvalue weighted by Gasteiger charge is 2.12. The van der Waals surface area contributed by atoms with Gasteiger partial charge in [0.1, 0.15) is 5.82 Å². The van der Waals surface area contributed by atoms with E-state index in [4.69, 9.17) is 0 Å². The predicted molar refractivity (Wildman–Crippen MR) is 98.9 cm³/mol. The maximum absolute atomic E-state index is 14.3. The first-order valence-electron chi connectivity index (χ1n) is 9.07. The normalized spacial score (nSPS) is 10.8. The van der Waals surface area contributed by atoms with E-state index in [2.05, 4.69) is 19.1 Å². The average molecular weight is 326 g/mol. The Morgan fingerprint density at radius 1 is 0.875 bits per heavy atom. The molecule has 2 rings (SSSR count). The molecule has 2 aromatic rings. The van der Waals surface area contributed by atoms with Crippen molar-refractivity contribution >= 4 is 5.78 Å². The monoisotopic (exact) mass is 326 g/mol. The van der Waals surface area contributed by atoms with Gasteiger partial charge in [0.15, 0.2) is 5.78 Å². The van der Waals surface area contributed by atoms with Crippen molar-refractivity contribution in [1.29, 1.82) is 0 Å². The smallest absolute Gasteiger partial charge is 0.165 e. The first-order valence-corrected chi connectivity index (χ1v) is 9.07. The number of hydrogen-bond acceptors (Lipinski definition) is 1. The lowest BCUT2D eigenvalue weighted by molar-refractivity contribution is 0.0976. The molecule has 0 spiro atoms. The zero-order chi connectivity index (χ0) is 17.4. The molecule has 0 heterocycles. The third kappa shape index (κ3) is 5.02. The van der Waals surface area contributed by atoms with Crippen molar-refractivity contribution < 1.29 is 9.18 Å². The first-order chi connectivity index (χ1) is 11.7. The summed E-state index contributed by atoms with van der Waals surface area (Å²) in [6.45, 7) is 4.23. The Labute approximate surface area is 144 Å². The number of halogens is 1. The van der Waals surface area contributed by atoms with Gasteiger partial charge in [-0.1, -0.05) is 63.4 Å². The maximum atomic E-state index is 14.3.